The van der Waals surface area contributed by atoms with Crippen molar-refractivity contribution in [2.24, 2.45) is 0 Å². The molecule has 0 radical (unpaired) electrons. The van der Waals surface area contributed by atoms with Crippen LogP contribution in [-0.4, -0.2) is 61.4 Å². The number of aromatic nitrogens is 4. The summed E-state index contributed by atoms with van der Waals surface area (Å²) in [4.78, 5) is 16.6. The maximum absolute atomic E-state index is 13.9. The zero-order valence-corrected chi connectivity index (χ0v) is 18.9. The largest absolute Gasteiger partial charge is 0.335 e. The molecule has 1 aliphatic rings. The average molecular weight is 493 g/mol. The smallest absolute Gasteiger partial charge is 0.274 e. The summed E-state index contributed by atoms with van der Waals surface area (Å²) in [7, 11) is 0. The molecule has 3 aromatic rings. The van der Waals surface area contributed by atoms with E-state index in [1.165, 1.54) is 6.07 Å². The Kier molecular flexibility index (Phi) is 6.19. The molecule has 0 unspecified atom stereocenters. The van der Waals surface area contributed by atoms with Crippen molar-refractivity contribution in [3.05, 3.63) is 69.2 Å². The lowest BCUT2D eigenvalue weighted by molar-refractivity contribution is 0.0620. The predicted molar refractivity (Wildman–Crippen MR) is 115 cm³/mol. The minimum Gasteiger partial charge on any atom is -0.335 e. The molecule has 1 fully saturated rings. The summed E-state index contributed by atoms with van der Waals surface area (Å²) in [6.45, 7) is 6.81. The number of hydrogen-bond donors (Lipinski definition) is 0. The number of halogens is 3. The van der Waals surface area contributed by atoms with Crippen LogP contribution < -0.4 is 0 Å². The van der Waals surface area contributed by atoms with Crippen molar-refractivity contribution in [2.75, 3.05) is 26.2 Å². The Bertz CT molecular complexity index is 1100. The fourth-order valence-electron chi connectivity index (χ4n) is 3.69. The lowest BCUT2D eigenvalue weighted by atomic mass is 10.1. The van der Waals surface area contributed by atoms with Crippen LogP contribution in [0.3, 0.4) is 0 Å². The molecule has 1 aliphatic heterocycles. The molecule has 31 heavy (non-hydrogen) atoms. The number of piperazine rings is 1. The summed E-state index contributed by atoms with van der Waals surface area (Å²) < 4.78 is 31.8. The number of aryl methyl sites for hydroxylation is 1. The number of carbonyl (C=O) groups is 1. The van der Waals surface area contributed by atoms with Crippen LogP contribution in [0.2, 0.25) is 0 Å². The van der Waals surface area contributed by atoms with E-state index >= 15 is 0 Å². The third kappa shape index (κ3) is 4.54. The van der Waals surface area contributed by atoms with E-state index in [1.54, 1.807) is 27.9 Å². The highest BCUT2D eigenvalue weighted by atomic mass is 79.9. The topological polar surface area (TPSA) is 59.2 Å². The molecule has 0 bridgehead atoms. The van der Waals surface area contributed by atoms with Gasteiger partial charge in [-0.1, -0.05) is 12.1 Å². The van der Waals surface area contributed by atoms with E-state index in [9.17, 15) is 13.6 Å². The molecule has 1 amide bonds. The SMILES string of the molecule is Cc1nn(Cn2ccc(C(=O)N3CCN(Cc4cccc(F)c4F)CC3)n2)c(C)c1Br. The Morgan fingerprint density at radius 1 is 1.10 bits per heavy atom. The fraction of sp³-hybridized carbons (Fsp3) is 0.381. The van der Waals surface area contributed by atoms with Crippen molar-refractivity contribution in [1.29, 1.82) is 0 Å². The van der Waals surface area contributed by atoms with Gasteiger partial charge in [-0.3, -0.25) is 14.4 Å². The predicted octanol–water partition coefficient (Wildman–Crippen LogP) is 3.20. The molecular formula is C21H23BrF2N6O. The molecule has 4 rings (SSSR count). The Morgan fingerprint density at radius 3 is 2.52 bits per heavy atom. The molecular weight excluding hydrogens is 470 g/mol. The molecule has 0 atom stereocenters. The highest BCUT2D eigenvalue weighted by molar-refractivity contribution is 9.10. The molecule has 0 saturated carbocycles. The van der Waals surface area contributed by atoms with Gasteiger partial charge in [-0.05, 0) is 41.9 Å². The summed E-state index contributed by atoms with van der Waals surface area (Å²) in [6, 6.07) is 5.92. The number of rotatable bonds is 5. The highest BCUT2D eigenvalue weighted by Gasteiger charge is 2.24. The van der Waals surface area contributed by atoms with Crippen LogP contribution in [0.5, 0.6) is 0 Å². The molecule has 7 nitrogen and oxygen atoms in total. The molecule has 1 saturated heterocycles. The van der Waals surface area contributed by atoms with Gasteiger partial charge in [-0.15, -0.1) is 0 Å². The number of carbonyl (C=O) groups excluding carboxylic acids is 1. The first-order valence-corrected chi connectivity index (χ1v) is 10.8. The standard InChI is InChI=1S/C21H23BrF2N6O/c1-14-19(22)15(2)30(25-14)13-29-7-6-18(26-29)21(31)28-10-8-27(9-11-28)12-16-4-3-5-17(23)20(16)24/h3-7H,8-13H2,1-2H3. The third-order valence-electron chi connectivity index (χ3n) is 5.52. The van der Waals surface area contributed by atoms with Gasteiger partial charge in [-0.2, -0.15) is 10.2 Å². The maximum atomic E-state index is 13.9. The van der Waals surface area contributed by atoms with Crippen molar-refractivity contribution in [1.82, 2.24) is 29.4 Å². The van der Waals surface area contributed by atoms with Crippen LogP contribution in [-0.2, 0) is 13.2 Å². The van der Waals surface area contributed by atoms with Crippen LogP contribution in [0.15, 0.2) is 34.9 Å². The Labute approximate surface area is 187 Å². The van der Waals surface area contributed by atoms with Gasteiger partial charge < -0.3 is 4.90 Å². The van der Waals surface area contributed by atoms with Crippen molar-refractivity contribution < 1.29 is 13.6 Å². The molecule has 2 aromatic heterocycles. The highest BCUT2D eigenvalue weighted by Crippen LogP contribution is 2.20. The van der Waals surface area contributed by atoms with Gasteiger partial charge in [0.25, 0.3) is 5.91 Å². The van der Waals surface area contributed by atoms with Gasteiger partial charge >= 0.3 is 0 Å². The van der Waals surface area contributed by atoms with Crippen molar-refractivity contribution >= 4 is 21.8 Å². The van der Waals surface area contributed by atoms with Gasteiger partial charge in [0.2, 0.25) is 0 Å². The van der Waals surface area contributed by atoms with E-state index in [4.69, 9.17) is 0 Å². The summed E-state index contributed by atoms with van der Waals surface area (Å²) in [5.41, 5.74) is 2.60. The van der Waals surface area contributed by atoms with Crippen LogP contribution in [0, 0.1) is 25.5 Å². The van der Waals surface area contributed by atoms with Crippen LogP contribution >= 0.6 is 15.9 Å². The Morgan fingerprint density at radius 2 is 1.84 bits per heavy atom. The molecule has 0 spiro atoms. The van der Waals surface area contributed by atoms with Crippen molar-refractivity contribution in [2.45, 2.75) is 27.1 Å². The molecule has 0 N–H and O–H groups in total. The molecule has 3 heterocycles. The van der Waals surface area contributed by atoms with Gasteiger partial charge in [0.15, 0.2) is 11.6 Å². The number of nitrogens with zero attached hydrogens (tertiary/aromatic N) is 6. The lowest BCUT2D eigenvalue weighted by Crippen LogP contribution is -2.48. The van der Waals surface area contributed by atoms with Gasteiger partial charge in [0, 0.05) is 44.5 Å². The zero-order chi connectivity index (χ0) is 22.1. The average Bonchev–Trinajstić information content (AvgIpc) is 3.32. The fourth-order valence-corrected chi connectivity index (χ4v) is 3.97. The molecule has 10 heteroatoms. The van der Waals surface area contributed by atoms with Crippen LogP contribution in [0.4, 0.5) is 8.78 Å². The first-order chi connectivity index (χ1) is 14.8. The van der Waals surface area contributed by atoms with Crippen molar-refractivity contribution in [3.8, 4) is 0 Å². The first kappa shape index (κ1) is 21.6. The monoisotopic (exact) mass is 492 g/mol. The molecule has 1 aromatic carbocycles. The summed E-state index contributed by atoms with van der Waals surface area (Å²) in [5, 5.41) is 8.87. The van der Waals surface area contributed by atoms with Crippen molar-refractivity contribution in [3.63, 3.8) is 0 Å². The normalized spacial score (nSPS) is 14.9. The quantitative estimate of drug-likeness (QED) is 0.548. The van der Waals surface area contributed by atoms with E-state index < -0.39 is 11.6 Å². The maximum Gasteiger partial charge on any atom is 0.274 e. The minimum absolute atomic E-state index is 0.134. The van der Waals surface area contributed by atoms with Gasteiger partial charge in [0.1, 0.15) is 12.4 Å². The number of amides is 1. The van der Waals surface area contributed by atoms with E-state index in [2.05, 4.69) is 26.1 Å². The number of hydrogen-bond acceptors (Lipinski definition) is 4. The zero-order valence-electron chi connectivity index (χ0n) is 17.4. The number of benzene rings is 1. The second-order valence-electron chi connectivity index (χ2n) is 7.65. The van der Waals surface area contributed by atoms with Crippen LogP contribution in [0.25, 0.3) is 0 Å². The Balaban J connectivity index is 1.35. The second-order valence-corrected chi connectivity index (χ2v) is 8.44. The molecule has 0 aliphatic carbocycles. The lowest BCUT2D eigenvalue weighted by Gasteiger charge is -2.34. The van der Waals surface area contributed by atoms with Crippen LogP contribution in [0.1, 0.15) is 27.4 Å². The van der Waals surface area contributed by atoms with Gasteiger partial charge in [-0.25, -0.2) is 13.5 Å². The van der Waals surface area contributed by atoms with E-state index in [1.807, 2.05) is 23.4 Å². The second kappa shape index (κ2) is 8.88. The third-order valence-corrected chi connectivity index (χ3v) is 6.66. The molecule has 164 valence electrons. The minimum atomic E-state index is -0.838. The van der Waals surface area contributed by atoms with E-state index in [0.29, 0.717) is 50.6 Å². The first-order valence-electron chi connectivity index (χ1n) is 10.0. The van der Waals surface area contributed by atoms with Gasteiger partial charge in [0.05, 0.1) is 15.9 Å². The van der Waals surface area contributed by atoms with E-state index in [0.717, 1.165) is 21.9 Å². The summed E-state index contributed by atoms with van der Waals surface area (Å²) >= 11 is 3.51. The summed E-state index contributed by atoms with van der Waals surface area (Å²) in [5.74, 6) is -1.78. The summed E-state index contributed by atoms with van der Waals surface area (Å²) in [6.07, 6.45) is 1.76. The van der Waals surface area contributed by atoms with E-state index in [-0.39, 0.29) is 5.91 Å². The Hall–Kier alpha value is -2.59.